The summed E-state index contributed by atoms with van der Waals surface area (Å²) in [5.41, 5.74) is 5.34. The standard InChI is InChI=1S/C32H34N2O6/c1-20(39-18-21-10-3-2-4-11-21)28(31(36)37)33-30(35)29(22-12-9-13-22)34-32(38)40-19-27-25-16-7-5-14-23(25)24-15-6-8-17-26(24)27/h2-8,10-11,14-17,20,22,27-29H,9,12-13,18-19H2,1H3,(H,33,35)(H,34,38)(H,36,37). The van der Waals surface area contributed by atoms with Gasteiger partial charge in [0.15, 0.2) is 6.04 Å². The first-order valence-electron chi connectivity index (χ1n) is 13.7. The Bertz CT molecular complexity index is 1310. The topological polar surface area (TPSA) is 114 Å². The van der Waals surface area contributed by atoms with Crippen LogP contribution in [0.3, 0.4) is 0 Å². The number of carbonyl (C=O) groups is 3. The Morgan fingerprint density at radius 1 is 0.875 bits per heavy atom. The van der Waals surface area contributed by atoms with Crippen LogP contribution in [0.2, 0.25) is 0 Å². The van der Waals surface area contributed by atoms with Crippen molar-refractivity contribution in [1.82, 2.24) is 10.6 Å². The Balaban J connectivity index is 1.21. The number of nitrogens with one attached hydrogen (secondary N) is 2. The summed E-state index contributed by atoms with van der Waals surface area (Å²) in [5, 5.41) is 15.1. The number of carbonyl (C=O) groups excluding carboxylic acids is 2. The van der Waals surface area contributed by atoms with Gasteiger partial charge in [0.05, 0.1) is 12.7 Å². The number of fused-ring (bicyclic) bond motifs is 3. The molecule has 2 aliphatic carbocycles. The summed E-state index contributed by atoms with van der Waals surface area (Å²) in [5.74, 6) is -1.95. The van der Waals surface area contributed by atoms with Crippen LogP contribution in [0.25, 0.3) is 11.1 Å². The van der Waals surface area contributed by atoms with Gasteiger partial charge in [-0.05, 0) is 53.5 Å². The predicted octanol–water partition coefficient (Wildman–Crippen LogP) is 4.87. The van der Waals surface area contributed by atoms with Gasteiger partial charge in [-0.25, -0.2) is 9.59 Å². The summed E-state index contributed by atoms with van der Waals surface area (Å²) < 4.78 is 11.4. The molecule has 1 saturated carbocycles. The van der Waals surface area contributed by atoms with E-state index in [1.165, 1.54) is 0 Å². The number of aliphatic carboxylic acids is 1. The molecule has 0 spiro atoms. The van der Waals surface area contributed by atoms with Gasteiger partial charge in [-0.2, -0.15) is 0 Å². The molecule has 1 fully saturated rings. The zero-order valence-corrected chi connectivity index (χ0v) is 22.4. The van der Waals surface area contributed by atoms with E-state index in [0.717, 1.165) is 47.1 Å². The first-order chi connectivity index (χ1) is 19.4. The van der Waals surface area contributed by atoms with E-state index >= 15 is 0 Å². The second-order valence-electron chi connectivity index (χ2n) is 10.5. The molecule has 2 amide bonds. The highest BCUT2D eigenvalue weighted by Gasteiger charge is 2.38. The first-order valence-corrected chi connectivity index (χ1v) is 13.7. The van der Waals surface area contributed by atoms with Crippen molar-refractivity contribution in [2.45, 2.75) is 56.9 Å². The number of hydrogen-bond acceptors (Lipinski definition) is 5. The van der Waals surface area contributed by atoms with E-state index in [1.807, 2.05) is 66.7 Å². The van der Waals surface area contributed by atoms with E-state index in [0.29, 0.717) is 0 Å². The normalized spacial score (nSPS) is 16.5. The van der Waals surface area contributed by atoms with Gasteiger partial charge in [0, 0.05) is 5.92 Å². The molecule has 0 bridgehead atoms. The monoisotopic (exact) mass is 542 g/mol. The molecule has 0 heterocycles. The maximum Gasteiger partial charge on any atom is 0.407 e. The van der Waals surface area contributed by atoms with E-state index in [9.17, 15) is 19.5 Å². The molecule has 3 N–H and O–H groups in total. The molecule has 40 heavy (non-hydrogen) atoms. The van der Waals surface area contributed by atoms with Gasteiger partial charge < -0.3 is 25.2 Å². The van der Waals surface area contributed by atoms with Crippen molar-refractivity contribution in [1.29, 1.82) is 0 Å². The fourth-order valence-electron chi connectivity index (χ4n) is 5.46. The van der Waals surface area contributed by atoms with Crippen LogP contribution in [0.4, 0.5) is 4.79 Å². The number of alkyl carbamates (subject to hydrolysis) is 1. The Labute approximate surface area is 233 Å². The van der Waals surface area contributed by atoms with Crippen molar-refractivity contribution < 1.29 is 29.0 Å². The molecule has 3 atom stereocenters. The highest BCUT2D eigenvalue weighted by Crippen LogP contribution is 2.44. The van der Waals surface area contributed by atoms with Crippen molar-refractivity contribution in [2.24, 2.45) is 5.92 Å². The van der Waals surface area contributed by atoms with E-state index in [1.54, 1.807) is 6.92 Å². The fraction of sp³-hybridized carbons (Fsp3) is 0.344. The molecule has 0 saturated heterocycles. The van der Waals surface area contributed by atoms with Crippen LogP contribution in [0, 0.1) is 5.92 Å². The van der Waals surface area contributed by atoms with Crippen molar-refractivity contribution in [3.63, 3.8) is 0 Å². The minimum atomic E-state index is -1.27. The van der Waals surface area contributed by atoms with Gasteiger partial charge in [0.25, 0.3) is 0 Å². The Hall–Kier alpha value is -4.17. The Kier molecular flexibility index (Phi) is 8.45. The van der Waals surface area contributed by atoms with E-state index in [-0.39, 0.29) is 25.0 Å². The summed E-state index contributed by atoms with van der Waals surface area (Å²) in [6.45, 7) is 1.95. The third-order valence-corrected chi connectivity index (χ3v) is 7.91. The van der Waals surface area contributed by atoms with Gasteiger partial charge in [-0.1, -0.05) is 85.3 Å². The maximum absolute atomic E-state index is 13.3. The number of carboxylic acid groups (broad SMARTS) is 1. The third kappa shape index (κ3) is 6.02. The van der Waals surface area contributed by atoms with Crippen molar-refractivity contribution >= 4 is 18.0 Å². The predicted molar refractivity (Wildman–Crippen MR) is 150 cm³/mol. The number of rotatable bonds is 11. The molecule has 0 radical (unpaired) electrons. The van der Waals surface area contributed by atoms with Crippen LogP contribution < -0.4 is 10.6 Å². The molecular formula is C32H34N2O6. The highest BCUT2D eigenvalue weighted by molar-refractivity contribution is 5.90. The van der Waals surface area contributed by atoms with Crippen LogP contribution in [-0.4, -0.2) is 47.9 Å². The number of carboxylic acids is 1. The smallest absolute Gasteiger partial charge is 0.407 e. The Morgan fingerprint density at radius 2 is 1.48 bits per heavy atom. The minimum absolute atomic E-state index is 0.0875. The summed E-state index contributed by atoms with van der Waals surface area (Å²) in [6.07, 6.45) is 0.978. The average Bonchev–Trinajstić information content (AvgIpc) is 3.26. The van der Waals surface area contributed by atoms with Crippen LogP contribution in [0.15, 0.2) is 78.9 Å². The second kappa shape index (κ2) is 12.3. The van der Waals surface area contributed by atoms with E-state index in [4.69, 9.17) is 9.47 Å². The molecule has 3 unspecified atom stereocenters. The van der Waals surface area contributed by atoms with Crippen LogP contribution in [-0.2, 0) is 25.7 Å². The SMILES string of the molecule is CC(OCc1ccccc1)C(NC(=O)C(NC(=O)OCC1c2ccccc2-c2ccccc21)C1CCC1)C(=O)O. The number of amides is 2. The van der Waals surface area contributed by atoms with Gasteiger partial charge in [0.1, 0.15) is 12.6 Å². The molecule has 8 heteroatoms. The molecule has 3 aromatic rings. The van der Waals surface area contributed by atoms with E-state index in [2.05, 4.69) is 22.8 Å². The first kappa shape index (κ1) is 27.4. The quantitative estimate of drug-likeness (QED) is 0.319. The molecule has 208 valence electrons. The summed E-state index contributed by atoms with van der Waals surface area (Å²) in [4.78, 5) is 38.3. The van der Waals surface area contributed by atoms with Gasteiger partial charge in [-0.3, -0.25) is 4.79 Å². The lowest BCUT2D eigenvalue weighted by Gasteiger charge is -2.34. The lowest BCUT2D eigenvalue weighted by atomic mass is 9.79. The average molecular weight is 543 g/mol. The van der Waals surface area contributed by atoms with Gasteiger partial charge >= 0.3 is 12.1 Å². The number of hydrogen-bond donors (Lipinski definition) is 3. The van der Waals surface area contributed by atoms with Crippen LogP contribution in [0.1, 0.15) is 48.8 Å². The molecule has 3 aromatic carbocycles. The number of ether oxygens (including phenoxy) is 2. The molecule has 2 aliphatic rings. The summed E-state index contributed by atoms with van der Waals surface area (Å²) in [7, 11) is 0. The molecule has 8 nitrogen and oxygen atoms in total. The second-order valence-corrected chi connectivity index (χ2v) is 10.5. The van der Waals surface area contributed by atoms with Gasteiger partial charge in [0.2, 0.25) is 5.91 Å². The Morgan fingerprint density at radius 3 is 2.05 bits per heavy atom. The molecular weight excluding hydrogens is 508 g/mol. The zero-order valence-electron chi connectivity index (χ0n) is 22.4. The van der Waals surface area contributed by atoms with Crippen molar-refractivity contribution in [3.05, 3.63) is 95.6 Å². The molecule has 5 rings (SSSR count). The summed E-state index contributed by atoms with van der Waals surface area (Å²) >= 11 is 0. The van der Waals surface area contributed by atoms with E-state index < -0.39 is 36.2 Å². The largest absolute Gasteiger partial charge is 0.480 e. The summed E-state index contributed by atoms with van der Waals surface area (Å²) in [6, 6.07) is 23.4. The van der Waals surface area contributed by atoms with Crippen molar-refractivity contribution in [2.75, 3.05) is 6.61 Å². The van der Waals surface area contributed by atoms with Gasteiger partial charge in [-0.15, -0.1) is 0 Å². The lowest BCUT2D eigenvalue weighted by molar-refractivity contribution is -0.147. The zero-order chi connectivity index (χ0) is 28.1. The molecule has 0 aliphatic heterocycles. The highest BCUT2D eigenvalue weighted by atomic mass is 16.5. The molecule has 0 aromatic heterocycles. The lowest BCUT2D eigenvalue weighted by Crippen LogP contribution is -2.58. The third-order valence-electron chi connectivity index (χ3n) is 7.91. The maximum atomic E-state index is 13.3. The fourth-order valence-corrected chi connectivity index (χ4v) is 5.46. The van der Waals surface area contributed by atoms with Crippen molar-refractivity contribution in [3.8, 4) is 11.1 Å². The van der Waals surface area contributed by atoms with Crippen LogP contribution >= 0.6 is 0 Å². The van der Waals surface area contributed by atoms with Crippen LogP contribution in [0.5, 0.6) is 0 Å². The minimum Gasteiger partial charge on any atom is -0.480 e. The number of benzene rings is 3.